The average Bonchev–Trinajstić information content (AvgIpc) is 3.32. The lowest BCUT2D eigenvalue weighted by Gasteiger charge is -2.21. The number of carbonyl (C=O) groups excluding carboxylic acids is 2. The van der Waals surface area contributed by atoms with Gasteiger partial charge in [-0.2, -0.15) is 0 Å². The van der Waals surface area contributed by atoms with E-state index in [1.807, 2.05) is 0 Å². The van der Waals surface area contributed by atoms with Crippen LogP contribution in [0.4, 0.5) is 0 Å². The predicted molar refractivity (Wildman–Crippen MR) is 64.3 cm³/mol. The Bertz CT molecular complexity index is 600. The normalized spacial score (nSPS) is 29.2. The number of aliphatic hydroxyl groups is 2. The molecule has 0 amide bonds. The molecule has 2 aliphatic heterocycles. The molecule has 3 rings (SSSR count). The van der Waals surface area contributed by atoms with E-state index < -0.39 is 23.5 Å². The van der Waals surface area contributed by atoms with Gasteiger partial charge in [0.1, 0.15) is 13.2 Å². The first kappa shape index (κ1) is 14.9. The maximum absolute atomic E-state index is 11.3. The standard InChI is InChI=1S/C14H14O8/c15-11(16)7-1-2-8(12(17)18)10(4-14(20)6-22-14)9(7)3-13(19)5-21-13/h1-2,19-20H,3-6H2,(H,15,16)(H,17,18)/p-2. The maximum atomic E-state index is 11.3. The number of benzene rings is 1. The second kappa shape index (κ2) is 4.75. The fourth-order valence-corrected chi connectivity index (χ4v) is 2.40. The summed E-state index contributed by atoms with van der Waals surface area (Å²) in [6, 6.07) is 2.14. The van der Waals surface area contributed by atoms with E-state index in [-0.39, 0.29) is 48.3 Å². The van der Waals surface area contributed by atoms with Crippen LogP contribution in [0.25, 0.3) is 0 Å². The second-order valence-corrected chi connectivity index (χ2v) is 5.52. The zero-order valence-electron chi connectivity index (χ0n) is 11.3. The van der Waals surface area contributed by atoms with Gasteiger partial charge in [0.2, 0.25) is 0 Å². The first-order chi connectivity index (χ1) is 10.2. The highest BCUT2D eigenvalue weighted by molar-refractivity contribution is 5.93. The zero-order valence-corrected chi connectivity index (χ0v) is 11.3. The van der Waals surface area contributed by atoms with Crippen LogP contribution < -0.4 is 10.2 Å². The number of carboxylic acids is 2. The Morgan fingerprint density at radius 2 is 1.27 bits per heavy atom. The SMILES string of the molecule is O=C([O-])c1ccc(C(=O)[O-])c(CC2(O)CO2)c1CC1(O)CO1. The van der Waals surface area contributed by atoms with E-state index in [4.69, 9.17) is 9.47 Å². The summed E-state index contributed by atoms with van der Waals surface area (Å²) >= 11 is 0. The van der Waals surface area contributed by atoms with Crippen molar-refractivity contribution < 1.29 is 39.5 Å². The third-order valence-corrected chi connectivity index (χ3v) is 3.73. The Morgan fingerprint density at radius 3 is 1.50 bits per heavy atom. The van der Waals surface area contributed by atoms with Crippen molar-refractivity contribution in [3.05, 3.63) is 34.4 Å². The van der Waals surface area contributed by atoms with E-state index in [2.05, 4.69) is 0 Å². The van der Waals surface area contributed by atoms with Crippen molar-refractivity contribution in [2.24, 2.45) is 0 Å². The van der Waals surface area contributed by atoms with Crippen molar-refractivity contribution in [2.45, 2.75) is 24.4 Å². The molecule has 8 heteroatoms. The highest BCUT2D eigenvalue weighted by Gasteiger charge is 2.46. The van der Waals surface area contributed by atoms with Crippen LogP contribution in [-0.4, -0.2) is 46.9 Å². The first-order valence-corrected chi connectivity index (χ1v) is 6.53. The minimum Gasteiger partial charge on any atom is -0.545 e. The average molecular weight is 308 g/mol. The lowest BCUT2D eigenvalue weighted by atomic mass is 9.89. The number of aromatic carboxylic acids is 2. The van der Waals surface area contributed by atoms with Gasteiger partial charge in [-0.3, -0.25) is 0 Å². The van der Waals surface area contributed by atoms with Crippen LogP contribution >= 0.6 is 0 Å². The molecule has 2 saturated heterocycles. The van der Waals surface area contributed by atoms with E-state index >= 15 is 0 Å². The van der Waals surface area contributed by atoms with Crippen molar-refractivity contribution in [3.63, 3.8) is 0 Å². The number of epoxide rings is 2. The van der Waals surface area contributed by atoms with Crippen LogP contribution in [-0.2, 0) is 22.3 Å². The van der Waals surface area contributed by atoms with E-state index in [0.717, 1.165) is 12.1 Å². The summed E-state index contributed by atoms with van der Waals surface area (Å²) in [6.07, 6.45) is -0.467. The minimum absolute atomic E-state index is 0.00917. The van der Waals surface area contributed by atoms with Crippen LogP contribution in [0, 0.1) is 0 Å². The first-order valence-electron chi connectivity index (χ1n) is 6.53. The molecule has 0 radical (unpaired) electrons. The van der Waals surface area contributed by atoms with Crippen molar-refractivity contribution in [3.8, 4) is 0 Å². The Labute approximate surface area is 124 Å². The Kier molecular flexibility index (Phi) is 3.22. The number of carbonyl (C=O) groups is 2. The Morgan fingerprint density at radius 1 is 0.955 bits per heavy atom. The highest BCUT2D eigenvalue weighted by Crippen LogP contribution is 2.36. The lowest BCUT2D eigenvalue weighted by Crippen LogP contribution is -2.31. The summed E-state index contributed by atoms with van der Waals surface area (Å²) in [6.45, 7) is 0.0183. The minimum atomic E-state index is -1.53. The molecule has 2 aliphatic rings. The molecule has 2 N–H and O–H groups in total. The molecule has 2 unspecified atom stereocenters. The van der Waals surface area contributed by atoms with Gasteiger partial charge in [0.15, 0.2) is 11.6 Å². The number of rotatable bonds is 6. The van der Waals surface area contributed by atoms with Crippen LogP contribution in [0.3, 0.4) is 0 Å². The number of carboxylic acid groups (broad SMARTS) is 2. The molecule has 2 fully saturated rings. The fraction of sp³-hybridized carbons (Fsp3) is 0.429. The highest BCUT2D eigenvalue weighted by atomic mass is 16.7. The molecule has 2 heterocycles. The van der Waals surface area contributed by atoms with Crippen molar-refractivity contribution in [1.29, 1.82) is 0 Å². The molecule has 0 saturated carbocycles. The van der Waals surface area contributed by atoms with Crippen LogP contribution in [0.2, 0.25) is 0 Å². The summed E-state index contributed by atoms with van der Waals surface area (Å²) in [7, 11) is 0. The third kappa shape index (κ3) is 2.81. The van der Waals surface area contributed by atoms with Gasteiger partial charge in [-0.05, 0) is 11.1 Å². The predicted octanol–water partition coefficient (Wildman–Crippen LogP) is -3.06. The number of hydrogen-bond acceptors (Lipinski definition) is 8. The van der Waals surface area contributed by atoms with Gasteiger partial charge in [-0.25, -0.2) is 0 Å². The number of hydrogen-bond donors (Lipinski definition) is 2. The maximum Gasteiger partial charge on any atom is 0.193 e. The van der Waals surface area contributed by atoms with Gasteiger partial charge in [-0.15, -0.1) is 0 Å². The Balaban J connectivity index is 2.12. The molecule has 2 atom stereocenters. The van der Waals surface area contributed by atoms with Gasteiger partial charge in [0, 0.05) is 24.0 Å². The largest absolute Gasteiger partial charge is 0.545 e. The molecular weight excluding hydrogens is 296 g/mol. The van der Waals surface area contributed by atoms with Crippen LogP contribution in [0.1, 0.15) is 31.8 Å². The summed E-state index contributed by atoms with van der Waals surface area (Å²) in [5.41, 5.74) is -0.474. The smallest absolute Gasteiger partial charge is 0.193 e. The fourth-order valence-electron chi connectivity index (χ4n) is 2.40. The number of ether oxygens (including phenoxy) is 2. The van der Waals surface area contributed by atoms with Crippen molar-refractivity contribution >= 4 is 11.9 Å². The molecule has 8 nitrogen and oxygen atoms in total. The molecular formula is C14H12O8-2. The Hall–Kier alpha value is -2.00. The van der Waals surface area contributed by atoms with Crippen molar-refractivity contribution in [2.75, 3.05) is 13.2 Å². The van der Waals surface area contributed by atoms with E-state index in [1.54, 1.807) is 0 Å². The summed E-state index contributed by atoms with van der Waals surface area (Å²) in [4.78, 5) is 22.5. The third-order valence-electron chi connectivity index (χ3n) is 3.73. The lowest BCUT2D eigenvalue weighted by molar-refractivity contribution is -0.256. The van der Waals surface area contributed by atoms with Crippen LogP contribution in [0.5, 0.6) is 0 Å². The molecule has 0 aliphatic carbocycles. The molecule has 118 valence electrons. The monoisotopic (exact) mass is 308 g/mol. The van der Waals surface area contributed by atoms with Gasteiger partial charge >= 0.3 is 0 Å². The summed E-state index contributed by atoms with van der Waals surface area (Å²) in [5.74, 6) is -6.10. The van der Waals surface area contributed by atoms with E-state index in [9.17, 15) is 30.0 Å². The van der Waals surface area contributed by atoms with Gasteiger partial charge in [-0.1, -0.05) is 12.1 Å². The molecule has 0 bridgehead atoms. The molecule has 1 aromatic carbocycles. The summed E-state index contributed by atoms with van der Waals surface area (Å²) < 4.78 is 9.64. The molecule has 1 aromatic rings. The molecule has 0 spiro atoms. The van der Waals surface area contributed by atoms with E-state index in [0.29, 0.717) is 0 Å². The van der Waals surface area contributed by atoms with Crippen molar-refractivity contribution in [1.82, 2.24) is 0 Å². The van der Waals surface area contributed by atoms with Gasteiger partial charge < -0.3 is 39.5 Å². The summed E-state index contributed by atoms with van der Waals surface area (Å²) in [5, 5.41) is 42.2. The molecule has 0 aromatic heterocycles. The second-order valence-electron chi connectivity index (χ2n) is 5.52. The van der Waals surface area contributed by atoms with Gasteiger partial charge in [0.25, 0.3) is 0 Å². The zero-order chi connectivity index (χ0) is 16.1. The van der Waals surface area contributed by atoms with Crippen LogP contribution in [0.15, 0.2) is 12.1 Å². The topological polar surface area (TPSA) is 146 Å². The van der Waals surface area contributed by atoms with E-state index in [1.165, 1.54) is 0 Å². The quantitative estimate of drug-likeness (QED) is 0.527. The molecule has 22 heavy (non-hydrogen) atoms. The van der Waals surface area contributed by atoms with Gasteiger partial charge in [0.05, 0.1) is 11.9 Å².